The number of carbonyl (C=O) groups is 2. The van der Waals surface area contributed by atoms with Gasteiger partial charge in [0, 0.05) is 13.0 Å². The second-order valence-corrected chi connectivity index (χ2v) is 7.77. The van der Waals surface area contributed by atoms with Crippen LogP contribution in [-0.4, -0.2) is 29.5 Å². The summed E-state index contributed by atoms with van der Waals surface area (Å²) in [5.41, 5.74) is 2.00. The Labute approximate surface area is 171 Å². The lowest BCUT2D eigenvalue weighted by Gasteiger charge is -2.12. The molecular formula is C22H29N3O4. The Morgan fingerprint density at radius 1 is 1.28 bits per heavy atom. The number of aryl methyl sites for hydroxylation is 1. The van der Waals surface area contributed by atoms with E-state index in [1.165, 1.54) is 0 Å². The second-order valence-electron chi connectivity index (χ2n) is 7.77. The summed E-state index contributed by atoms with van der Waals surface area (Å²) in [5, 5.41) is 5.82. The number of hydrogen-bond donors (Lipinski definition) is 2. The molecule has 156 valence electrons. The highest BCUT2D eigenvalue weighted by Crippen LogP contribution is 2.29. The molecule has 2 aromatic rings. The van der Waals surface area contributed by atoms with Crippen LogP contribution in [0.25, 0.3) is 11.5 Å². The minimum atomic E-state index is -0.411. The normalized spacial score (nSPS) is 16.2. The number of rotatable bonds is 8. The molecule has 2 heterocycles. The van der Waals surface area contributed by atoms with Crippen molar-refractivity contribution >= 4 is 17.5 Å². The van der Waals surface area contributed by atoms with Gasteiger partial charge in [0.1, 0.15) is 17.6 Å². The predicted octanol–water partition coefficient (Wildman–Crippen LogP) is 3.82. The fraction of sp³-hybridized carbons (Fsp3) is 0.500. The molecule has 1 unspecified atom stereocenters. The molecule has 2 amide bonds. The van der Waals surface area contributed by atoms with Crippen molar-refractivity contribution in [1.29, 1.82) is 0 Å². The maximum Gasteiger partial charge on any atom is 0.253 e. The Balaban J connectivity index is 1.69. The maximum atomic E-state index is 12.4. The molecule has 0 spiro atoms. The first-order valence-electron chi connectivity index (χ1n) is 10.2. The van der Waals surface area contributed by atoms with E-state index in [2.05, 4.69) is 29.5 Å². The molecule has 1 aromatic carbocycles. The molecule has 1 atom stereocenters. The van der Waals surface area contributed by atoms with E-state index in [9.17, 15) is 9.59 Å². The summed E-state index contributed by atoms with van der Waals surface area (Å²) >= 11 is 0. The van der Waals surface area contributed by atoms with Gasteiger partial charge in [-0.1, -0.05) is 26.0 Å². The Bertz CT molecular complexity index is 853. The maximum absolute atomic E-state index is 12.4. The van der Waals surface area contributed by atoms with Crippen molar-refractivity contribution in [2.75, 3.05) is 11.9 Å². The minimum absolute atomic E-state index is 0.00637. The number of ether oxygens (including phenoxy) is 1. The standard InChI is InChI=1S/C22H29N3O4/c1-14(2)10-11-20(26)23-13-18-15(3)29-22(25-18)16-7-4-5-8-17(16)24-21(27)19-9-6-12-28-19/h4-5,7-8,14,19H,6,9-13H2,1-3H3,(H,23,26)(H,24,27). The molecule has 7 nitrogen and oxygen atoms in total. The molecule has 1 saturated heterocycles. The lowest BCUT2D eigenvalue weighted by atomic mass is 10.1. The molecule has 0 aliphatic carbocycles. The van der Waals surface area contributed by atoms with E-state index in [0.29, 0.717) is 54.1 Å². The number of carbonyl (C=O) groups excluding carboxylic acids is 2. The average Bonchev–Trinajstić information content (AvgIpc) is 3.35. The number of benzene rings is 1. The van der Waals surface area contributed by atoms with Crippen molar-refractivity contribution in [3.63, 3.8) is 0 Å². The topological polar surface area (TPSA) is 93.5 Å². The van der Waals surface area contributed by atoms with Crippen LogP contribution in [0.1, 0.15) is 51.0 Å². The van der Waals surface area contributed by atoms with Crippen molar-refractivity contribution < 1.29 is 18.7 Å². The van der Waals surface area contributed by atoms with Crippen molar-refractivity contribution in [2.24, 2.45) is 5.92 Å². The van der Waals surface area contributed by atoms with Crippen LogP contribution in [0.4, 0.5) is 5.69 Å². The van der Waals surface area contributed by atoms with Gasteiger partial charge < -0.3 is 19.8 Å². The molecule has 0 radical (unpaired) electrons. The van der Waals surface area contributed by atoms with Crippen LogP contribution in [-0.2, 0) is 20.9 Å². The molecule has 0 bridgehead atoms. The SMILES string of the molecule is Cc1oc(-c2ccccc2NC(=O)C2CCCO2)nc1CNC(=O)CCC(C)C. The monoisotopic (exact) mass is 399 g/mol. The Kier molecular flexibility index (Phi) is 7.04. The van der Waals surface area contributed by atoms with Crippen LogP contribution >= 0.6 is 0 Å². The summed E-state index contributed by atoms with van der Waals surface area (Å²) in [5.74, 6) is 1.40. The Morgan fingerprint density at radius 3 is 2.79 bits per heavy atom. The zero-order valence-electron chi connectivity index (χ0n) is 17.3. The van der Waals surface area contributed by atoms with E-state index >= 15 is 0 Å². The van der Waals surface area contributed by atoms with Gasteiger partial charge in [-0.2, -0.15) is 0 Å². The van der Waals surface area contributed by atoms with E-state index in [1.807, 2.05) is 31.2 Å². The van der Waals surface area contributed by atoms with Gasteiger partial charge in [0.25, 0.3) is 5.91 Å². The van der Waals surface area contributed by atoms with Crippen LogP contribution in [0.2, 0.25) is 0 Å². The lowest BCUT2D eigenvalue weighted by Crippen LogP contribution is -2.27. The van der Waals surface area contributed by atoms with Gasteiger partial charge in [0.15, 0.2) is 0 Å². The summed E-state index contributed by atoms with van der Waals surface area (Å²) in [7, 11) is 0. The molecule has 1 aromatic heterocycles. The summed E-state index contributed by atoms with van der Waals surface area (Å²) < 4.78 is 11.3. The smallest absolute Gasteiger partial charge is 0.253 e. The zero-order chi connectivity index (χ0) is 20.8. The van der Waals surface area contributed by atoms with Crippen LogP contribution in [0.5, 0.6) is 0 Å². The molecule has 3 rings (SSSR count). The predicted molar refractivity (Wildman–Crippen MR) is 110 cm³/mol. The quantitative estimate of drug-likeness (QED) is 0.704. The number of nitrogens with one attached hydrogen (secondary N) is 2. The molecule has 1 fully saturated rings. The van der Waals surface area contributed by atoms with Gasteiger partial charge in [0.2, 0.25) is 11.8 Å². The summed E-state index contributed by atoms with van der Waals surface area (Å²) in [6.07, 6.45) is 2.56. The zero-order valence-corrected chi connectivity index (χ0v) is 17.3. The molecule has 0 saturated carbocycles. The van der Waals surface area contributed by atoms with Gasteiger partial charge >= 0.3 is 0 Å². The van der Waals surface area contributed by atoms with Crippen LogP contribution < -0.4 is 10.6 Å². The Morgan fingerprint density at radius 2 is 2.07 bits per heavy atom. The van der Waals surface area contributed by atoms with Gasteiger partial charge in [-0.05, 0) is 44.2 Å². The van der Waals surface area contributed by atoms with Crippen molar-refractivity contribution in [3.05, 3.63) is 35.7 Å². The first-order valence-corrected chi connectivity index (χ1v) is 10.2. The van der Waals surface area contributed by atoms with Gasteiger partial charge in [-0.15, -0.1) is 0 Å². The molecule has 1 aliphatic rings. The van der Waals surface area contributed by atoms with Crippen LogP contribution in [0.3, 0.4) is 0 Å². The van der Waals surface area contributed by atoms with E-state index < -0.39 is 6.10 Å². The second kappa shape index (κ2) is 9.69. The van der Waals surface area contributed by atoms with E-state index in [-0.39, 0.29) is 11.8 Å². The van der Waals surface area contributed by atoms with Crippen LogP contribution in [0.15, 0.2) is 28.7 Å². The molecular weight excluding hydrogens is 370 g/mol. The van der Waals surface area contributed by atoms with E-state index in [4.69, 9.17) is 9.15 Å². The van der Waals surface area contributed by atoms with Crippen molar-refractivity contribution in [3.8, 4) is 11.5 Å². The molecule has 7 heteroatoms. The first kappa shape index (κ1) is 21.0. The first-order chi connectivity index (χ1) is 13.9. The minimum Gasteiger partial charge on any atom is -0.441 e. The summed E-state index contributed by atoms with van der Waals surface area (Å²) in [6, 6.07) is 7.38. The molecule has 2 N–H and O–H groups in total. The summed E-state index contributed by atoms with van der Waals surface area (Å²) in [4.78, 5) is 29.0. The number of hydrogen-bond acceptors (Lipinski definition) is 5. The summed E-state index contributed by atoms with van der Waals surface area (Å²) in [6.45, 7) is 6.94. The largest absolute Gasteiger partial charge is 0.441 e. The third kappa shape index (κ3) is 5.67. The third-order valence-corrected chi connectivity index (χ3v) is 4.93. The number of aromatic nitrogens is 1. The fourth-order valence-corrected chi connectivity index (χ4v) is 3.17. The average molecular weight is 399 g/mol. The molecule has 1 aliphatic heterocycles. The molecule has 29 heavy (non-hydrogen) atoms. The highest BCUT2D eigenvalue weighted by molar-refractivity contribution is 5.97. The number of para-hydroxylation sites is 1. The number of amides is 2. The lowest BCUT2D eigenvalue weighted by molar-refractivity contribution is -0.124. The highest BCUT2D eigenvalue weighted by Gasteiger charge is 2.25. The van der Waals surface area contributed by atoms with Crippen LogP contribution in [0, 0.1) is 12.8 Å². The van der Waals surface area contributed by atoms with E-state index in [1.54, 1.807) is 0 Å². The van der Waals surface area contributed by atoms with Crippen molar-refractivity contribution in [1.82, 2.24) is 10.3 Å². The van der Waals surface area contributed by atoms with Gasteiger partial charge in [-0.3, -0.25) is 9.59 Å². The number of nitrogens with zero attached hydrogens (tertiary/aromatic N) is 1. The third-order valence-electron chi connectivity index (χ3n) is 4.93. The Hall–Kier alpha value is -2.67. The highest BCUT2D eigenvalue weighted by atomic mass is 16.5. The van der Waals surface area contributed by atoms with Gasteiger partial charge in [-0.25, -0.2) is 4.98 Å². The van der Waals surface area contributed by atoms with Gasteiger partial charge in [0.05, 0.1) is 17.8 Å². The number of oxazole rings is 1. The fourth-order valence-electron chi connectivity index (χ4n) is 3.17. The van der Waals surface area contributed by atoms with E-state index in [0.717, 1.165) is 19.3 Å². The number of anilines is 1. The van der Waals surface area contributed by atoms with Crippen molar-refractivity contribution in [2.45, 2.75) is 59.1 Å².